The lowest BCUT2D eigenvalue weighted by Crippen LogP contribution is -2.43. The van der Waals surface area contributed by atoms with Gasteiger partial charge < -0.3 is 10.4 Å². The first-order valence-electron chi connectivity index (χ1n) is 6.09. The van der Waals surface area contributed by atoms with Crippen LogP contribution in [0.15, 0.2) is 0 Å². The lowest BCUT2D eigenvalue weighted by atomic mass is 10.1. The summed E-state index contributed by atoms with van der Waals surface area (Å²) in [5, 5.41) is 11.4. The molecule has 0 aromatic rings. The van der Waals surface area contributed by atoms with Gasteiger partial charge in [-0.1, -0.05) is 19.8 Å². The van der Waals surface area contributed by atoms with Gasteiger partial charge in [-0.2, -0.15) is 0 Å². The summed E-state index contributed by atoms with van der Waals surface area (Å²) in [5.74, 6) is -2.28. The highest BCUT2D eigenvalue weighted by molar-refractivity contribution is 7.91. The minimum Gasteiger partial charge on any atom is -0.480 e. The molecule has 0 radical (unpaired) electrons. The molecular weight excluding hydrogens is 258 g/mol. The number of hydrogen-bond acceptors (Lipinski definition) is 4. The number of sulfone groups is 1. The summed E-state index contributed by atoms with van der Waals surface area (Å²) < 4.78 is 22.5. The molecule has 0 bridgehead atoms. The van der Waals surface area contributed by atoms with Crippen molar-refractivity contribution in [3.63, 3.8) is 0 Å². The van der Waals surface area contributed by atoms with Crippen molar-refractivity contribution in [3.8, 4) is 0 Å². The minimum absolute atomic E-state index is 0.0117. The molecule has 0 spiro atoms. The summed E-state index contributed by atoms with van der Waals surface area (Å²) in [6, 6.07) is -0.916. The SMILES string of the molecule is CCCCC(NC(=O)C1CCS(=O)(=O)C1)C(=O)O. The van der Waals surface area contributed by atoms with E-state index < -0.39 is 33.7 Å². The van der Waals surface area contributed by atoms with Crippen LogP contribution >= 0.6 is 0 Å². The summed E-state index contributed by atoms with van der Waals surface area (Å²) in [6.07, 6.45) is 2.21. The third kappa shape index (κ3) is 4.29. The first-order chi connectivity index (χ1) is 8.35. The van der Waals surface area contributed by atoms with Crippen LogP contribution in [0.5, 0.6) is 0 Å². The summed E-state index contributed by atoms with van der Waals surface area (Å²) in [7, 11) is -3.12. The summed E-state index contributed by atoms with van der Waals surface area (Å²) in [5.41, 5.74) is 0. The number of hydrogen-bond donors (Lipinski definition) is 2. The first-order valence-corrected chi connectivity index (χ1v) is 7.91. The van der Waals surface area contributed by atoms with Crippen molar-refractivity contribution >= 4 is 21.7 Å². The van der Waals surface area contributed by atoms with Gasteiger partial charge in [0.2, 0.25) is 5.91 Å². The van der Waals surface area contributed by atoms with Crippen LogP contribution in [-0.2, 0) is 19.4 Å². The normalized spacial score (nSPS) is 23.5. The van der Waals surface area contributed by atoms with Gasteiger partial charge >= 0.3 is 5.97 Å². The molecule has 1 aliphatic rings. The smallest absolute Gasteiger partial charge is 0.326 e. The van der Waals surface area contributed by atoms with Crippen LogP contribution in [0.25, 0.3) is 0 Å². The Bertz CT molecular complexity index is 417. The van der Waals surface area contributed by atoms with Crippen molar-refractivity contribution < 1.29 is 23.1 Å². The van der Waals surface area contributed by atoms with Crippen LogP contribution in [-0.4, -0.2) is 42.9 Å². The maximum absolute atomic E-state index is 11.8. The first kappa shape index (κ1) is 14.9. The van der Waals surface area contributed by atoms with Gasteiger partial charge in [0.25, 0.3) is 0 Å². The van der Waals surface area contributed by atoms with Crippen molar-refractivity contribution in [3.05, 3.63) is 0 Å². The predicted octanol–water partition coefficient (Wildman–Crippen LogP) is 0.181. The van der Waals surface area contributed by atoms with E-state index in [4.69, 9.17) is 5.11 Å². The molecule has 7 heteroatoms. The van der Waals surface area contributed by atoms with Crippen LogP contribution in [0.3, 0.4) is 0 Å². The Morgan fingerprint density at radius 1 is 1.44 bits per heavy atom. The second-order valence-electron chi connectivity index (χ2n) is 4.64. The fraction of sp³-hybridized carbons (Fsp3) is 0.818. The van der Waals surface area contributed by atoms with E-state index in [1.807, 2.05) is 6.92 Å². The Morgan fingerprint density at radius 3 is 2.56 bits per heavy atom. The fourth-order valence-corrected chi connectivity index (χ4v) is 3.70. The number of carbonyl (C=O) groups is 2. The van der Waals surface area contributed by atoms with Gasteiger partial charge in [-0.15, -0.1) is 0 Å². The van der Waals surface area contributed by atoms with E-state index in [1.54, 1.807) is 0 Å². The van der Waals surface area contributed by atoms with Crippen LogP contribution in [0.2, 0.25) is 0 Å². The Balaban J connectivity index is 2.54. The molecule has 0 saturated carbocycles. The molecule has 0 aliphatic carbocycles. The van der Waals surface area contributed by atoms with E-state index >= 15 is 0 Å². The molecule has 2 atom stereocenters. The van der Waals surface area contributed by atoms with E-state index in [0.29, 0.717) is 12.8 Å². The van der Waals surface area contributed by atoms with Gasteiger partial charge in [0.1, 0.15) is 6.04 Å². The van der Waals surface area contributed by atoms with E-state index in [2.05, 4.69) is 5.32 Å². The van der Waals surface area contributed by atoms with Gasteiger partial charge in [0.15, 0.2) is 9.84 Å². The van der Waals surface area contributed by atoms with Gasteiger partial charge in [0.05, 0.1) is 17.4 Å². The summed E-state index contributed by atoms with van der Waals surface area (Å²) in [6.45, 7) is 1.93. The van der Waals surface area contributed by atoms with Crippen molar-refractivity contribution in [2.75, 3.05) is 11.5 Å². The fourth-order valence-electron chi connectivity index (χ4n) is 1.96. The molecule has 0 aromatic heterocycles. The standard InChI is InChI=1S/C11H19NO5S/c1-2-3-4-9(11(14)15)12-10(13)8-5-6-18(16,17)7-8/h8-9H,2-7H2,1H3,(H,12,13)(H,14,15). The monoisotopic (exact) mass is 277 g/mol. The molecule has 104 valence electrons. The number of carboxylic acid groups (broad SMARTS) is 1. The van der Waals surface area contributed by atoms with Crippen molar-refractivity contribution in [1.29, 1.82) is 0 Å². The summed E-state index contributed by atoms with van der Waals surface area (Å²) in [4.78, 5) is 22.7. The second-order valence-corrected chi connectivity index (χ2v) is 6.87. The Hall–Kier alpha value is -1.11. The van der Waals surface area contributed by atoms with Crippen LogP contribution in [0.4, 0.5) is 0 Å². The zero-order chi connectivity index (χ0) is 13.8. The Kier molecular flexibility index (Phi) is 5.13. The molecule has 2 unspecified atom stereocenters. The lowest BCUT2D eigenvalue weighted by Gasteiger charge is -2.16. The highest BCUT2D eigenvalue weighted by Gasteiger charge is 2.34. The summed E-state index contributed by atoms with van der Waals surface area (Å²) >= 11 is 0. The van der Waals surface area contributed by atoms with E-state index in [-0.39, 0.29) is 17.9 Å². The molecule has 1 fully saturated rings. The molecule has 1 amide bonds. The van der Waals surface area contributed by atoms with E-state index in [9.17, 15) is 18.0 Å². The molecular formula is C11H19NO5S. The maximum Gasteiger partial charge on any atom is 0.326 e. The predicted molar refractivity (Wildman–Crippen MR) is 65.9 cm³/mol. The molecule has 1 rings (SSSR count). The molecule has 18 heavy (non-hydrogen) atoms. The number of rotatable bonds is 6. The number of unbranched alkanes of at least 4 members (excludes halogenated alkanes) is 1. The quantitative estimate of drug-likeness (QED) is 0.721. The lowest BCUT2D eigenvalue weighted by molar-refractivity contribution is -0.142. The zero-order valence-corrected chi connectivity index (χ0v) is 11.2. The number of aliphatic carboxylic acids is 1. The van der Waals surface area contributed by atoms with Crippen molar-refractivity contribution in [1.82, 2.24) is 5.32 Å². The third-order valence-electron chi connectivity index (χ3n) is 3.06. The molecule has 1 heterocycles. The highest BCUT2D eigenvalue weighted by Crippen LogP contribution is 2.18. The van der Waals surface area contributed by atoms with Gasteiger partial charge in [-0.25, -0.2) is 13.2 Å². The molecule has 1 aliphatic heterocycles. The van der Waals surface area contributed by atoms with Crippen molar-refractivity contribution in [2.24, 2.45) is 5.92 Å². The zero-order valence-electron chi connectivity index (χ0n) is 10.4. The molecule has 1 saturated heterocycles. The van der Waals surface area contributed by atoms with Crippen LogP contribution in [0, 0.1) is 5.92 Å². The van der Waals surface area contributed by atoms with Crippen LogP contribution in [0.1, 0.15) is 32.6 Å². The number of amides is 1. The minimum atomic E-state index is -3.12. The number of carbonyl (C=O) groups excluding carboxylic acids is 1. The molecule has 6 nitrogen and oxygen atoms in total. The largest absolute Gasteiger partial charge is 0.480 e. The molecule has 2 N–H and O–H groups in total. The molecule has 0 aromatic carbocycles. The maximum atomic E-state index is 11.8. The van der Waals surface area contributed by atoms with Gasteiger partial charge in [-0.05, 0) is 12.8 Å². The average molecular weight is 277 g/mol. The number of carboxylic acids is 1. The Morgan fingerprint density at radius 2 is 2.11 bits per heavy atom. The Labute approximate surface area is 107 Å². The second kappa shape index (κ2) is 6.17. The van der Waals surface area contributed by atoms with Crippen molar-refractivity contribution in [2.45, 2.75) is 38.6 Å². The van der Waals surface area contributed by atoms with E-state index in [0.717, 1.165) is 6.42 Å². The van der Waals surface area contributed by atoms with E-state index in [1.165, 1.54) is 0 Å². The number of nitrogens with one attached hydrogen (secondary N) is 1. The average Bonchev–Trinajstić information content (AvgIpc) is 2.64. The highest BCUT2D eigenvalue weighted by atomic mass is 32.2. The van der Waals surface area contributed by atoms with Crippen LogP contribution < -0.4 is 5.32 Å². The third-order valence-corrected chi connectivity index (χ3v) is 4.83. The van der Waals surface area contributed by atoms with Gasteiger partial charge in [0, 0.05) is 0 Å². The topological polar surface area (TPSA) is 101 Å². The van der Waals surface area contributed by atoms with Gasteiger partial charge in [-0.3, -0.25) is 4.79 Å².